The van der Waals surface area contributed by atoms with E-state index in [9.17, 15) is 23.1 Å². The summed E-state index contributed by atoms with van der Waals surface area (Å²) in [6.45, 7) is 1.70. The number of aliphatic carboxylic acids is 1. The fourth-order valence-corrected chi connectivity index (χ4v) is 4.29. The number of carboxylic acids is 1. The van der Waals surface area contributed by atoms with Gasteiger partial charge in [-0.05, 0) is 31.9 Å². The topological polar surface area (TPSA) is 113 Å². The van der Waals surface area contributed by atoms with Crippen molar-refractivity contribution in [1.82, 2.24) is 10.0 Å². The first-order valence-electron chi connectivity index (χ1n) is 8.33. The number of nitrogens with one attached hydrogen (secondary N) is 2. The first kappa shape index (κ1) is 19.4. The van der Waals surface area contributed by atoms with Crippen molar-refractivity contribution in [3.8, 4) is 0 Å². The van der Waals surface area contributed by atoms with E-state index in [-0.39, 0.29) is 23.8 Å². The third-order valence-corrected chi connectivity index (χ3v) is 6.11. The maximum atomic E-state index is 12.2. The molecule has 0 heterocycles. The molecule has 0 bridgehead atoms. The molecule has 3 N–H and O–H groups in total. The second-order valence-electron chi connectivity index (χ2n) is 6.56. The van der Waals surface area contributed by atoms with Crippen molar-refractivity contribution in [2.75, 3.05) is 6.54 Å². The maximum absolute atomic E-state index is 12.2. The number of hydrogen-bond donors (Lipinski definition) is 3. The molecule has 1 aliphatic rings. The Morgan fingerprint density at radius 2 is 1.92 bits per heavy atom. The van der Waals surface area contributed by atoms with Gasteiger partial charge in [0.2, 0.25) is 15.9 Å². The van der Waals surface area contributed by atoms with Gasteiger partial charge in [-0.15, -0.1) is 0 Å². The average molecular weight is 368 g/mol. The summed E-state index contributed by atoms with van der Waals surface area (Å²) in [5.41, 5.74) is -0.792. The van der Waals surface area contributed by atoms with Crippen LogP contribution in [0.3, 0.4) is 0 Å². The molecule has 0 radical (unpaired) electrons. The van der Waals surface area contributed by atoms with E-state index < -0.39 is 27.4 Å². The Morgan fingerprint density at radius 3 is 2.56 bits per heavy atom. The van der Waals surface area contributed by atoms with Gasteiger partial charge in [-0.1, -0.05) is 31.0 Å². The lowest BCUT2D eigenvalue weighted by Gasteiger charge is -2.39. The number of carbonyl (C=O) groups is 2. The van der Waals surface area contributed by atoms with Gasteiger partial charge in [-0.3, -0.25) is 9.59 Å². The normalized spacial score (nSPS) is 23.8. The SMILES string of the molecule is CC1(NC(=O)CCNS(=O)(=O)c2ccccc2)CCCCC1C(=O)O. The average Bonchev–Trinajstić information content (AvgIpc) is 2.55. The largest absolute Gasteiger partial charge is 0.481 e. The fraction of sp³-hybridized carbons (Fsp3) is 0.529. The van der Waals surface area contributed by atoms with Gasteiger partial charge in [0.25, 0.3) is 0 Å². The third kappa shape index (κ3) is 5.02. The minimum Gasteiger partial charge on any atom is -0.481 e. The molecule has 1 saturated carbocycles. The summed E-state index contributed by atoms with van der Waals surface area (Å²) < 4.78 is 26.6. The number of carbonyl (C=O) groups excluding carboxylic acids is 1. The van der Waals surface area contributed by atoms with Crippen LogP contribution in [0.25, 0.3) is 0 Å². The molecule has 8 heteroatoms. The van der Waals surface area contributed by atoms with Crippen LogP contribution in [0.4, 0.5) is 0 Å². The van der Waals surface area contributed by atoms with Gasteiger partial charge in [0, 0.05) is 13.0 Å². The van der Waals surface area contributed by atoms with Crippen molar-refractivity contribution in [2.24, 2.45) is 5.92 Å². The lowest BCUT2D eigenvalue weighted by molar-refractivity contribution is -0.146. The molecule has 0 spiro atoms. The second kappa shape index (κ2) is 7.97. The summed E-state index contributed by atoms with van der Waals surface area (Å²) in [7, 11) is -3.65. The summed E-state index contributed by atoms with van der Waals surface area (Å²) in [6.07, 6.45) is 2.78. The number of amides is 1. The van der Waals surface area contributed by atoms with Crippen LogP contribution in [0.1, 0.15) is 39.0 Å². The minimum absolute atomic E-state index is 0.0448. The van der Waals surface area contributed by atoms with E-state index >= 15 is 0 Å². The predicted octanol–water partition coefficient (Wildman–Crippen LogP) is 1.50. The first-order chi connectivity index (χ1) is 11.7. The zero-order valence-corrected chi connectivity index (χ0v) is 15.0. The Bertz CT molecular complexity index is 720. The van der Waals surface area contributed by atoms with Gasteiger partial charge < -0.3 is 10.4 Å². The highest BCUT2D eigenvalue weighted by Crippen LogP contribution is 2.33. The van der Waals surface area contributed by atoms with Crippen LogP contribution < -0.4 is 10.0 Å². The molecule has 0 aromatic heterocycles. The van der Waals surface area contributed by atoms with Crippen LogP contribution in [-0.4, -0.2) is 37.5 Å². The zero-order valence-electron chi connectivity index (χ0n) is 14.2. The Morgan fingerprint density at radius 1 is 1.24 bits per heavy atom. The molecule has 2 atom stereocenters. The van der Waals surface area contributed by atoms with E-state index in [1.165, 1.54) is 12.1 Å². The van der Waals surface area contributed by atoms with E-state index in [2.05, 4.69) is 10.0 Å². The van der Waals surface area contributed by atoms with Gasteiger partial charge in [-0.2, -0.15) is 0 Å². The third-order valence-electron chi connectivity index (χ3n) is 4.63. The van der Waals surface area contributed by atoms with E-state index in [4.69, 9.17) is 0 Å². The molecular formula is C17H24N2O5S. The maximum Gasteiger partial charge on any atom is 0.308 e. The Balaban J connectivity index is 1.89. The van der Waals surface area contributed by atoms with Gasteiger partial charge in [0.15, 0.2) is 0 Å². The van der Waals surface area contributed by atoms with Crippen molar-refractivity contribution in [2.45, 2.75) is 49.5 Å². The van der Waals surface area contributed by atoms with E-state index in [0.29, 0.717) is 12.8 Å². The lowest BCUT2D eigenvalue weighted by atomic mass is 9.74. The molecule has 2 unspecified atom stereocenters. The van der Waals surface area contributed by atoms with E-state index in [1.54, 1.807) is 25.1 Å². The van der Waals surface area contributed by atoms with Crippen molar-refractivity contribution < 1.29 is 23.1 Å². The molecule has 1 fully saturated rings. The lowest BCUT2D eigenvalue weighted by Crippen LogP contribution is -2.55. The molecule has 1 aromatic carbocycles. The van der Waals surface area contributed by atoms with Gasteiger partial charge in [0.05, 0.1) is 16.4 Å². The number of hydrogen-bond acceptors (Lipinski definition) is 4. The Labute approximate surface area is 147 Å². The standard InChI is InChI=1S/C17H24N2O5S/c1-17(11-6-5-9-14(17)16(21)22)19-15(20)10-12-18-25(23,24)13-7-3-2-4-8-13/h2-4,7-8,14,18H,5-6,9-12H2,1H3,(H,19,20)(H,21,22). The second-order valence-corrected chi connectivity index (χ2v) is 8.33. The van der Waals surface area contributed by atoms with E-state index in [1.807, 2.05) is 0 Å². The van der Waals surface area contributed by atoms with Crippen molar-refractivity contribution >= 4 is 21.9 Å². The number of carboxylic acid groups (broad SMARTS) is 1. The fourth-order valence-electron chi connectivity index (χ4n) is 3.24. The van der Waals surface area contributed by atoms with Crippen LogP contribution >= 0.6 is 0 Å². The van der Waals surface area contributed by atoms with Crippen LogP contribution in [0.15, 0.2) is 35.2 Å². The van der Waals surface area contributed by atoms with Crippen LogP contribution in [0, 0.1) is 5.92 Å². The zero-order chi connectivity index (χ0) is 18.5. The van der Waals surface area contributed by atoms with Gasteiger partial charge in [-0.25, -0.2) is 13.1 Å². The first-order valence-corrected chi connectivity index (χ1v) is 9.81. The molecular weight excluding hydrogens is 344 g/mol. The molecule has 138 valence electrons. The summed E-state index contributed by atoms with van der Waals surface area (Å²) in [5.74, 6) is -1.88. The monoisotopic (exact) mass is 368 g/mol. The molecule has 0 saturated heterocycles. The van der Waals surface area contributed by atoms with Crippen molar-refractivity contribution in [3.63, 3.8) is 0 Å². The summed E-state index contributed by atoms with van der Waals surface area (Å²) in [4.78, 5) is 23.7. The predicted molar refractivity (Wildman–Crippen MR) is 92.4 cm³/mol. The molecule has 0 aliphatic heterocycles. The number of rotatable bonds is 7. The van der Waals surface area contributed by atoms with Crippen LogP contribution in [0.5, 0.6) is 0 Å². The Kier molecular flexibility index (Phi) is 6.18. The van der Waals surface area contributed by atoms with Crippen LogP contribution in [-0.2, 0) is 19.6 Å². The van der Waals surface area contributed by atoms with Gasteiger partial charge >= 0.3 is 5.97 Å². The number of sulfonamides is 1. The number of benzene rings is 1. The molecule has 7 nitrogen and oxygen atoms in total. The molecule has 2 rings (SSSR count). The van der Waals surface area contributed by atoms with Crippen molar-refractivity contribution in [1.29, 1.82) is 0 Å². The summed E-state index contributed by atoms with van der Waals surface area (Å²) >= 11 is 0. The molecule has 1 amide bonds. The van der Waals surface area contributed by atoms with Gasteiger partial charge in [0.1, 0.15) is 0 Å². The molecule has 1 aliphatic carbocycles. The Hall–Kier alpha value is -1.93. The minimum atomic E-state index is -3.65. The highest BCUT2D eigenvalue weighted by atomic mass is 32.2. The molecule has 1 aromatic rings. The van der Waals surface area contributed by atoms with E-state index in [0.717, 1.165) is 12.8 Å². The highest BCUT2D eigenvalue weighted by Gasteiger charge is 2.42. The summed E-state index contributed by atoms with van der Waals surface area (Å²) in [5, 5.41) is 12.2. The summed E-state index contributed by atoms with van der Waals surface area (Å²) in [6, 6.07) is 7.91. The van der Waals surface area contributed by atoms with Crippen molar-refractivity contribution in [3.05, 3.63) is 30.3 Å². The smallest absolute Gasteiger partial charge is 0.308 e. The quantitative estimate of drug-likeness (QED) is 0.675. The highest BCUT2D eigenvalue weighted by molar-refractivity contribution is 7.89. The molecule has 25 heavy (non-hydrogen) atoms. The van der Waals surface area contributed by atoms with Crippen LogP contribution in [0.2, 0.25) is 0 Å².